The molecule has 19 heavy (non-hydrogen) atoms. The number of hydrogen-bond acceptors (Lipinski definition) is 5. The number of pyridine rings is 1. The van der Waals surface area contributed by atoms with Gasteiger partial charge in [-0.05, 0) is 23.3 Å². The van der Waals surface area contributed by atoms with E-state index in [4.69, 9.17) is 19.9 Å². The SMILES string of the molecule is NCc1ccc(OCc2ccc3c(c2)OCO3)nc1. The highest BCUT2D eigenvalue weighted by Gasteiger charge is 2.13. The third-order valence-electron chi connectivity index (χ3n) is 2.86. The van der Waals surface area contributed by atoms with Crippen LogP contribution in [0.1, 0.15) is 11.1 Å². The summed E-state index contributed by atoms with van der Waals surface area (Å²) in [5.41, 5.74) is 7.50. The van der Waals surface area contributed by atoms with Crippen LogP contribution in [0.25, 0.3) is 0 Å². The Bertz CT molecular complexity index is 569. The summed E-state index contributed by atoms with van der Waals surface area (Å²) in [5.74, 6) is 2.11. The lowest BCUT2D eigenvalue weighted by Crippen LogP contribution is -2.00. The molecule has 0 saturated carbocycles. The first kappa shape index (κ1) is 11.8. The van der Waals surface area contributed by atoms with Gasteiger partial charge in [0.15, 0.2) is 11.5 Å². The van der Waals surface area contributed by atoms with Gasteiger partial charge in [-0.25, -0.2) is 4.98 Å². The standard InChI is InChI=1S/C14H14N2O3/c15-6-11-2-4-14(16-7-11)17-8-10-1-3-12-13(5-10)19-9-18-12/h1-5,7H,6,8-9,15H2. The number of aromatic nitrogens is 1. The fourth-order valence-electron chi connectivity index (χ4n) is 1.81. The Hall–Kier alpha value is -2.27. The predicted molar refractivity (Wildman–Crippen MR) is 69.0 cm³/mol. The number of hydrogen-bond donors (Lipinski definition) is 1. The van der Waals surface area contributed by atoms with Crippen LogP contribution in [0.15, 0.2) is 36.5 Å². The van der Waals surface area contributed by atoms with Crippen molar-refractivity contribution in [3.63, 3.8) is 0 Å². The zero-order valence-corrected chi connectivity index (χ0v) is 10.3. The Labute approximate surface area is 110 Å². The summed E-state index contributed by atoms with van der Waals surface area (Å²) in [4.78, 5) is 4.18. The monoisotopic (exact) mass is 258 g/mol. The van der Waals surface area contributed by atoms with Gasteiger partial charge in [0.1, 0.15) is 6.61 Å². The van der Waals surface area contributed by atoms with E-state index < -0.39 is 0 Å². The molecule has 0 unspecified atom stereocenters. The van der Waals surface area contributed by atoms with Crippen molar-refractivity contribution in [1.82, 2.24) is 4.98 Å². The van der Waals surface area contributed by atoms with Crippen LogP contribution >= 0.6 is 0 Å². The largest absolute Gasteiger partial charge is 0.473 e. The molecule has 1 aliphatic rings. The molecule has 1 aliphatic heterocycles. The second kappa shape index (κ2) is 5.16. The van der Waals surface area contributed by atoms with Crippen LogP contribution in [-0.2, 0) is 13.2 Å². The molecule has 2 N–H and O–H groups in total. The molecule has 1 aromatic heterocycles. The Balaban J connectivity index is 1.65. The molecule has 0 spiro atoms. The predicted octanol–water partition coefficient (Wildman–Crippen LogP) is 1.85. The molecule has 0 radical (unpaired) electrons. The normalized spacial score (nSPS) is 12.5. The van der Waals surface area contributed by atoms with Crippen LogP contribution in [-0.4, -0.2) is 11.8 Å². The highest BCUT2D eigenvalue weighted by Crippen LogP contribution is 2.32. The first-order valence-electron chi connectivity index (χ1n) is 6.01. The van der Waals surface area contributed by atoms with Crippen LogP contribution in [0.5, 0.6) is 17.4 Å². The van der Waals surface area contributed by atoms with E-state index in [0.717, 1.165) is 22.6 Å². The molecule has 0 aliphatic carbocycles. The Morgan fingerprint density at radius 3 is 2.74 bits per heavy atom. The van der Waals surface area contributed by atoms with E-state index in [1.165, 1.54) is 0 Å². The molecule has 0 amide bonds. The van der Waals surface area contributed by atoms with Crippen molar-refractivity contribution in [2.24, 2.45) is 5.73 Å². The molecule has 98 valence electrons. The quantitative estimate of drug-likeness (QED) is 0.906. The van der Waals surface area contributed by atoms with Crippen LogP contribution in [0.4, 0.5) is 0 Å². The molecule has 0 bridgehead atoms. The maximum absolute atomic E-state index is 5.60. The molecule has 5 nitrogen and oxygen atoms in total. The molecule has 2 aromatic rings. The average Bonchev–Trinajstić information content (AvgIpc) is 2.93. The minimum Gasteiger partial charge on any atom is -0.473 e. The topological polar surface area (TPSA) is 66.6 Å². The number of nitrogens with zero attached hydrogens (tertiary/aromatic N) is 1. The first-order valence-corrected chi connectivity index (χ1v) is 6.01. The van der Waals surface area contributed by atoms with E-state index >= 15 is 0 Å². The van der Waals surface area contributed by atoms with Crippen LogP contribution in [0.3, 0.4) is 0 Å². The summed E-state index contributed by atoms with van der Waals surface area (Å²) < 4.78 is 16.2. The maximum Gasteiger partial charge on any atom is 0.231 e. The van der Waals surface area contributed by atoms with E-state index in [1.54, 1.807) is 6.20 Å². The smallest absolute Gasteiger partial charge is 0.231 e. The lowest BCUT2D eigenvalue weighted by Gasteiger charge is -2.06. The number of nitrogens with two attached hydrogens (primary N) is 1. The lowest BCUT2D eigenvalue weighted by molar-refractivity contribution is 0.174. The van der Waals surface area contributed by atoms with Crippen molar-refractivity contribution < 1.29 is 14.2 Å². The highest BCUT2D eigenvalue weighted by molar-refractivity contribution is 5.44. The summed E-state index contributed by atoms with van der Waals surface area (Å²) in [6.45, 7) is 1.20. The summed E-state index contributed by atoms with van der Waals surface area (Å²) in [5, 5.41) is 0. The molecule has 0 fully saturated rings. The molecular formula is C14H14N2O3. The van der Waals surface area contributed by atoms with Gasteiger partial charge in [0.05, 0.1) is 0 Å². The van der Waals surface area contributed by atoms with Gasteiger partial charge in [0.25, 0.3) is 0 Å². The van der Waals surface area contributed by atoms with Crippen LogP contribution in [0, 0.1) is 0 Å². The zero-order chi connectivity index (χ0) is 13.1. The van der Waals surface area contributed by atoms with E-state index in [-0.39, 0.29) is 6.79 Å². The van der Waals surface area contributed by atoms with Gasteiger partial charge in [-0.3, -0.25) is 0 Å². The second-order valence-electron chi connectivity index (χ2n) is 4.19. The first-order chi connectivity index (χ1) is 9.35. The highest BCUT2D eigenvalue weighted by atomic mass is 16.7. The van der Waals surface area contributed by atoms with Crippen molar-refractivity contribution in [1.29, 1.82) is 0 Å². The van der Waals surface area contributed by atoms with Gasteiger partial charge in [-0.15, -0.1) is 0 Å². The molecule has 0 atom stereocenters. The van der Waals surface area contributed by atoms with Gasteiger partial charge in [0.2, 0.25) is 12.7 Å². The Morgan fingerprint density at radius 2 is 1.95 bits per heavy atom. The Kier molecular flexibility index (Phi) is 3.20. The van der Waals surface area contributed by atoms with Crippen LogP contribution in [0.2, 0.25) is 0 Å². The zero-order valence-electron chi connectivity index (χ0n) is 10.3. The molecule has 0 saturated heterocycles. The Morgan fingerprint density at radius 1 is 1.11 bits per heavy atom. The molecule has 5 heteroatoms. The van der Waals surface area contributed by atoms with E-state index in [1.807, 2.05) is 30.3 Å². The van der Waals surface area contributed by atoms with Gasteiger partial charge in [-0.1, -0.05) is 12.1 Å². The second-order valence-corrected chi connectivity index (χ2v) is 4.19. The average molecular weight is 258 g/mol. The minimum atomic E-state index is 0.280. The van der Waals surface area contributed by atoms with Crippen molar-refractivity contribution in [2.45, 2.75) is 13.2 Å². The van der Waals surface area contributed by atoms with Crippen molar-refractivity contribution in [3.8, 4) is 17.4 Å². The summed E-state index contributed by atoms with van der Waals surface area (Å²) in [7, 11) is 0. The number of fused-ring (bicyclic) bond motifs is 1. The van der Waals surface area contributed by atoms with Crippen molar-refractivity contribution in [3.05, 3.63) is 47.7 Å². The van der Waals surface area contributed by atoms with Crippen molar-refractivity contribution in [2.75, 3.05) is 6.79 Å². The summed E-state index contributed by atoms with van der Waals surface area (Å²) in [6, 6.07) is 9.46. The third-order valence-corrected chi connectivity index (χ3v) is 2.86. The number of benzene rings is 1. The van der Waals surface area contributed by atoms with Gasteiger partial charge < -0.3 is 19.9 Å². The van der Waals surface area contributed by atoms with Crippen LogP contribution < -0.4 is 19.9 Å². The van der Waals surface area contributed by atoms with E-state index in [9.17, 15) is 0 Å². The fraction of sp³-hybridized carbons (Fsp3) is 0.214. The van der Waals surface area contributed by atoms with Gasteiger partial charge in [0, 0.05) is 18.8 Å². The molecular weight excluding hydrogens is 244 g/mol. The molecule has 1 aromatic carbocycles. The van der Waals surface area contributed by atoms with Gasteiger partial charge >= 0.3 is 0 Å². The summed E-state index contributed by atoms with van der Waals surface area (Å²) in [6.07, 6.45) is 1.72. The number of ether oxygens (including phenoxy) is 3. The van der Waals surface area contributed by atoms with Gasteiger partial charge in [-0.2, -0.15) is 0 Å². The summed E-state index contributed by atoms with van der Waals surface area (Å²) >= 11 is 0. The molecule has 3 rings (SSSR count). The van der Waals surface area contributed by atoms with E-state index in [0.29, 0.717) is 19.0 Å². The number of rotatable bonds is 4. The minimum absolute atomic E-state index is 0.280. The lowest BCUT2D eigenvalue weighted by atomic mass is 10.2. The maximum atomic E-state index is 5.60. The fourth-order valence-corrected chi connectivity index (χ4v) is 1.81. The van der Waals surface area contributed by atoms with Crippen molar-refractivity contribution >= 4 is 0 Å². The molecule has 2 heterocycles. The third kappa shape index (κ3) is 2.61. The van der Waals surface area contributed by atoms with E-state index in [2.05, 4.69) is 4.98 Å².